The van der Waals surface area contributed by atoms with Gasteiger partial charge in [0, 0.05) is 26.7 Å². The number of carbonyl (C=O) groups is 2. The molecule has 3 aliphatic rings. The van der Waals surface area contributed by atoms with E-state index in [1.807, 2.05) is 28.0 Å². The van der Waals surface area contributed by atoms with Gasteiger partial charge in [0.05, 0.1) is 0 Å². The summed E-state index contributed by atoms with van der Waals surface area (Å²) in [6, 6.07) is 10.1. The van der Waals surface area contributed by atoms with Gasteiger partial charge in [-0.25, -0.2) is 0 Å². The highest BCUT2D eigenvalue weighted by Crippen LogP contribution is 2.41. The Kier molecular flexibility index (Phi) is 6.87. The molecule has 6 nitrogen and oxygen atoms in total. The Morgan fingerprint density at radius 2 is 1.72 bits per heavy atom. The van der Waals surface area contributed by atoms with Crippen molar-refractivity contribution in [1.82, 2.24) is 15.1 Å². The number of benzene rings is 1. The maximum atomic E-state index is 13.6. The highest BCUT2D eigenvalue weighted by atomic mass is 35.5. The number of carbonyl (C=O) groups excluding carboxylic acids is 2. The van der Waals surface area contributed by atoms with Crippen LogP contribution in [0.25, 0.3) is 0 Å². The number of likely N-dealkylation sites (tertiary alicyclic amines) is 2. The summed E-state index contributed by atoms with van der Waals surface area (Å²) in [5.41, 5.74) is -0.332. The van der Waals surface area contributed by atoms with Crippen LogP contribution < -0.4 is 5.32 Å². The van der Waals surface area contributed by atoms with E-state index >= 15 is 0 Å². The molecule has 0 bridgehead atoms. The molecule has 1 unspecified atom stereocenters. The quantitative estimate of drug-likeness (QED) is 0.810. The summed E-state index contributed by atoms with van der Waals surface area (Å²) in [6.07, 6.45) is 4.67. The average molecular weight is 422 g/mol. The van der Waals surface area contributed by atoms with Crippen LogP contribution in [-0.2, 0) is 20.9 Å². The van der Waals surface area contributed by atoms with Crippen molar-refractivity contribution in [2.75, 3.05) is 33.3 Å². The van der Waals surface area contributed by atoms with Gasteiger partial charge in [0.1, 0.15) is 11.1 Å². The smallest absolute Gasteiger partial charge is 0.255 e. The van der Waals surface area contributed by atoms with Crippen molar-refractivity contribution >= 4 is 24.2 Å². The van der Waals surface area contributed by atoms with Gasteiger partial charge in [0.25, 0.3) is 5.91 Å². The molecule has 1 aromatic carbocycles. The lowest BCUT2D eigenvalue weighted by atomic mass is 9.82. The first kappa shape index (κ1) is 22.1. The maximum Gasteiger partial charge on any atom is 0.255 e. The topological polar surface area (TPSA) is 61.9 Å². The van der Waals surface area contributed by atoms with E-state index in [0.717, 1.165) is 50.9 Å². The van der Waals surface area contributed by atoms with Gasteiger partial charge in [-0.2, -0.15) is 0 Å². The van der Waals surface area contributed by atoms with Crippen molar-refractivity contribution in [2.24, 2.45) is 0 Å². The van der Waals surface area contributed by atoms with Gasteiger partial charge in [-0.3, -0.25) is 9.59 Å². The monoisotopic (exact) mass is 421 g/mol. The van der Waals surface area contributed by atoms with Crippen molar-refractivity contribution in [3.05, 3.63) is 35.9 Å². The van der Waals surface area contributed by atoms with Crippen molar-refractivity contribution in [3.8, 4) is 0 Å². The average Bonchev–Trinajstić information content (AvgIpc) is 3.16. The summed E-state index contributed by atoms with van der Waals surface area (Å²) < 4.78 is 5.79. The highest BCUT2D eigenvalue weighted by Gasteiger charge is 2.56. The second-order valence-electron chi connectivity index (χ2n) is 8.36. The summed E-state index contributed by atoms with van der Waals surface area (Å²) in [4.78, 5) is 31.1. The van der Waals surface area contributed by atoms with Crippen molar-refractivity contribution in [1.29, 1.82) is 0 Å². The van der Waals surface area contributed by atoms with E-state index in [1.54, 1.807) is 7.11 Å². The zero-order valence-electron chi connectivity index (χ0n) is 17.2. The fraction of sp³-hybridized carbons (Fsp3) is 0.636. The molecule has 0 radical (unpaired) electrons. The number of nitrogens with one attached hydrogen (secondary N) is 1. The Balaban J connectivity index is 0.00000240. The number of halogens is 1. The maximum absolute atomic E-state index is 13.6. The van der Waals surface area contributed by atoms with E-state index < -0.39 is 11.1 Å². The standard InChI is InChI=1S/C22H31N3O3.ClH/c1-28-22(11-13-23-14-12-22)20(27)25-16-6-10-21(25)9-5-15-24(19(21)26)17-18-7-3-2-4-8-18;/h2-4,7-8,23H,5-6,9-17H2,1H3;1H. The van der Waals surface area contributed by atoms with Crippen LogP contribution in [0.5, 0.6) is 0 Å². The zero-order chi connectivity index (χ0) is 19.6. The van der Waals surface area contributed by atoms with Crippen LogP contribution in [-0.4, -0.2) is 66.0 Å². The fourth-order valence-electron chi connectivity index (χ4n) is 5.26. The summed E-state index contributed by atoms with van der Waals surface area (Å²) in [7, 11) is 1.64. The Morgan fingerprint density at radius 3 is 2.38 bits per heavy atom. The molecule has 1 atom stereocenters. The van der Waals surface area contributed by atoms with Gasteiger partial charge < -0.3 is 19.9 Å². The van der Waals surface area contributed by atoms with Crippen LogP contribution in [0, 0.1) is 0 Å². The molecular weight excluding hydrogens is 390 g/mol. The molecule has 3 heterocycles. The minimum absolute atomic E-state index is 0. The number of nitrogens with zero attached hydrogens (tertiary/aromatic N) is 2. The third-order valence-corrected chi connectivity index (χ3v) is 6.85. The number of hydrogen-bond donors (Lipinski definition) is 1. The number of hydrogen-bond acceptors (Lipinski definition) is 4. The van der Waals surface area contributed by atoms with Crippen molar-refractivity contribution < 1.29 is 14.3 Å². The molecule has 0 saturated carbocycles. The Labute approximate surface area is 179 Å². The second kappa shape index (κ2) is 9.02. The highest BCUT2D eigenvalue weighted by molar-refractivity contribution is 5.95. The van der Waals surface area contributed by atoms with E-state index in [0.29, 0.717) is 25.9 Å². The van der Waals surface area contributed by atoms with Crippen molar-refractivity contribution in [3.63, 3.8) is 0 Å². The normalized spacial score (nSPS) is 26.4. The van der Waals surface area contributed by atoms with Crippen LogP contribution in [0.4, 0.5) is 0 Å². The van der Waals surface area contributed by atoms with Crippen LogP contribution in [0.1, 0.15) is 44.1 Å². The van der Waals surface area contributed by atoms with Crippen LogP contribution >= 0.6 is 12.4 Å². The first-order valence-electron chi connectivity index (χ1n) is 10.5. The summed E-state index contributed by atoms with van der Waals surface area (Å²) in [6.45, 7) is 3.57. The van der Waals surface area contributed by atoms with Gasteiger partial charge in [0.15, 0.2) is 0 Å². The van der Waals surface area contributed by atoms with E-state index in [-0.39, 0.29) is 24.2 Å². The number of rotatable bonds is 4. The number of methoxy groups -OCH3 is 1. The molecule has 3 fully saturated rings. The number of ether oxygens (including phenoxy) is 1. The minimum Gasteiger partial charge on any atom is -0.368 e. The molecule has 3 aliphatic heterocycles. The number of amides is 2. The molecule has 1 N–H and O–H groups in total. The largest absolute Gasteiger partial charge is 0.368 e. The molecular formula is C22H32ClN3O3. The molecule has 7 heteroatoms. The third kappa shape index (κ3) is 3.90. The predicted molar refractivity (Wildman–Crippen MR) is 114 cm³/mol. The van der Waals surface area contributed by atoms with E-state index in [2.05, 4.69) is 17.4 Å². The lowest BCUT2D eigenvalue weighted by Gasteiger charge is -2.48. The Hall–Kier alpha value is -1.63. The summed E-state index contributed by atoms with van der Waals surface area (Å²) in [5.74, 6) is 0.137. The van der Waals surface area contributed by atoms with Crippen LogP contribution in [0.15, 0.2) is 30.3 Å². The predicted octanol–water partition coefficient (Wildman–Crippen LogP) is 2.36. The molecule has 2 amide bonds. The Bertz CT molecular complexity index is 723. The molecule has 160 valence electrons. The van der Waals surface area contributed by atoms with Crippen LogP contribution in [0.2, 0.25) is 0 Å². The van der Waals surface area contributed by atoms with Gasteiger partial charge in [-0.1, -0.05) is 30.3 Å². The second-order valence-corrected chi connectivity index (χ2v) is 8.36. The van der Waals surface area contributed by atoms with Crippen molar-refractivity contribution in [2.45, 2.75) is 56.2 Å². The van der Waals surface area contributed by atoms with Gasteiger partial charge in [-0.05, 0) is 57.2 Å². The van der Waals surface area contributed by atoms with E-state index in [9.17, 15) is 9.59 Å². The first-order valence-corrected chi connectivity index (χ1v) is 10.5. The Morgan fingerprint density at radius 1 is 1.07 bits per heavy atom. The van der Waals surface area contributed by atoms with Gasteiger partial charge in [0.2, 0.25) is 5.91 Å². The number of piperidine rings is 2. The lowest BCUT2D eigenvalue weighted by Crippen LogP contribution is -2.65. The summed E-state index contributed by atoms with van der Waals surface area (Å²) in [5, 5.41) is 3.31. The summed E-state index contributed by atoms with van der Waals surface area (Å²) >= 11 is 0. The zero-order valence-corrected chi connectivity index (χ0v) is 18.0. The van der Waals surface area contributed by atoms with E-state index in [1.165, 1.54) is 0 Å². The molecule has 1 aromatic rings. The molecule has 0 aromatic heterocycles. The molecule has 3 saturated heterocycles. The van der Waals surface area contributed by atoms with Gasteiger partial charge >= 0.3 is 0 Å². The molecule has 1 spiro atoms. The fourth-order valence-corrected chi connectivity index (χ4v) is 5.26. The SMILES string of the molecule is COC1(C(=O)N2CCCC23CCCN(Cc2ccccc2)C3=O)CCNCC1.Cl. The molecule has 0 aliphatic carbocycles. The van der Waals surface area contributed by atoms with E-state index in [4.69, 9.17) is 4.74 Å². The van der Waals surface area contributed by atoms with Gasteiger partial charge in [-0.15, -0.1) is 12.4 Å². The molecule has 4 rings (SSSR count). The third-order valence-electron chi connectivity index (χ3n) is 6.85. The van der Waals surface area contributed by atoms with Crippen LogP contribution in [0.3, 0.4) is 0 Å². The minimum atomic E-state index is -0.787. The molecule has 29 heavy (non-hydrogen) atoms. The first-order chi connectivity index (χ1) is 13.6. The lowest BCUT2D eigenvalue weighted by molar-refractivity contribution is -0.171.